The summed E-state index contributed by atoms with van der Waals surface area (Å²) in [4.78, 5) is 15.8. The molecule has 2 aromatic heterocycles. The van der Waals surface area contributed by atoms with Gasteiger partial charge in [0.2, 0.25) is 11.0 Å². The van der Waals surface area contributed by atoms with Crippen molar-refractivity contribution in [2.75, 3.05) is 22.9 Å². The highest BCUT2D eigenvalue weighted by Crippen LogP contribution is 2.26. The summed E-state index contributed by atoms with van der Waals surface area (Å²) in [6.07, 6.45) is 3.79. The largest absolute Gasteiger partial charge is 0.360 e. The number of rotatable bonds is 8. The summed E-state index contributed by atoms with van der Waals surface area (Å²) < 4.78 is 0.756. The molecule has 0 aliphatic rings. The molecule has 0 radical (unpaired) electrons. The van der Waals surface area contributed by atoms with Gasteiger partial charge in [-0.15, -0.1) is 10.2 Å². The maximum atomic E-state index is 11.9. The lowest BCUT2D eigenvalue weighted by Gasteiger charge is -2.04. The lowest BCUT2D eigenvalue weighted by molar-refractivity contribution is -0.113. The second-order valence-corrected chi connectivity index (χ2v) is 6.89. The Morgan fingerprint density at radius 1 is 1.45 bits per heavy atom. The Morgan fingerprint density at radius 2 is 2.32 bits per heavy atom. The number of thioether (sulfide) groups is 1. The Kier molecular flexibility index (Phi) is 6.88. The molecule has 1 amide bonds. The third-order valence-electron chi connectivity index (χ3n) is 2.57. The van der Waals surface area contributed by atoms with Gasteiger partial charge in [-0.1, -0.05) is 48.0 Å². The fraction of sp³-hybridized carbons (Fsp3) is 0.385. The van der Waals surface area contributed by atoms with E-state index in [4.69, 9.17) is 11.6 Å². The van der Waals surface area contributed by atoms with Crippen LogP contribution in [0.2, 0.25) is 5.15 Å². The number of pyridine rings is 1. The van der Waals surface area contributed by atoms with Crippen molar-refractivity contribution >= 4 is 51.4 Å². The van der Waals surface area contributed by atoms with E-state index in [0.717, 1.165) is 28.9 Å². The Hall–Kier alpha value is -1.38. The molecule has 0 bridgehead atoms. The van der Waals surface area contributed by atoms with E-state index in [0.29, 0.717) is 5.69 Å². The maximum absolute atomic E-state index is 11.9. The van der Waals surface area contributed by atoms with Crippen LogP contribution in [0.1, 0.15) is 19.8 Å². The molecule has 0 spiro atoms. The van der Waals surface area contributed by atoms with Crippen molar-refractivity contribution < 1.29 is 4.79 Å². The number of carbonyl (C=O) groups excluding carboxylic acids is 1. The van der Waals surface area contributed by atoms with Gasteiger partial charge in [0.15, 0.2) is 9.49 Å². The van der Waals surface area contributed by atoms with E-state index < -0.39 is 0 Å². The second kappa shape index (κ2) is 8.92. The monoisotopic (exact) mass is 357 g/mol. The first-order chi connectivity index (χ1) is 10.7. The molecule has 22 heavy (non-hydrogen) atoms. The van der Waals surface area contributed by atoms with Crippen molar-refractivity contribution in [1.82, 2.24) is 15.2 Å². The normalized spacial score (nSPS) is 10.5. The molecule has 2 aromatic rings. The minimum absolute atomic E-state index is 0.157. The average Bonchev–Trinajstić information content (AvgIpc) is 2.96. The van der Waals surface area contributed by atoms with E-state index in [-0.39, 0.29) is 16.8 Å². The van der Waals surface area contributed by atoms with Gasteiger partial charge < -0.3 is 10.6 Å². The first-order valence-electron chi connectivity index (χ1n) is 6.79. The molecule has 0 atom stereocenters. The molecule has 0 aliphatic heterocycles. The van der Waals surface area contributed by atoms with Crippen molar-refractivity contribution in [3.63, 3.8) is 0 Å². The van der Waals surface area contributed by atoms with Crippen LogP contribution in [-0.2, 0) is 4.79 Å². The Balaban J connectivity index is 1.78. The summed E-state index contributed by atoms with van der Waals surface area (Å²) in [5.41, 5.74) is 0.508. The van der Waals surface area contributed by atoms with Crippen LogP contribution in [0.25, 0.3) is 0 Å². The van der Waals surface area contributed by atoms with Crippen LogP contribution in [0, 0.1) is 0 Å². The number of carbonyl (C=O) groups is 1. The molecule has 2 heterocycles. The predicted molar refractivity (Wildman–Crippen MR) is 91.9 cm³/mol. The number of anilines is 2. The van der Waals surface area contributed by atoms with Crippen LogP contribution in [0.3, 0.4) is 0 Å². The number of nitrogens with one attached hydrogen (secondary N) is 2. The van der Waals surface area contributed by atoms with E-state index in [2.05, 4.69) is 32.7 Å². The molecule has 6 nitrogen and oxygen atoms in total. The molecular weight excluding hydrogens is 342 g/mol. The van der Waals surface area contributed by atoms with Crippen LogP contribution in [0.5, 0.6) is 0 Å². The van der Waals surface area contributed by atoms with Crippen molar-refractivity contribution in [3.05, 3.63) is 23.5 Å². The number of amides is 1. The Bertz CT molecular complexity index is 622. The first kappa shape index (κ1) is 17.0. The average molecular weight is 358 g/mol. The van der Waals surface area contributed by atoms with Crippen LogP contribution in [0.15, 0.2) is 22.7 Å². The summed E-state index contributed by atoms with van der Waals surface area (Å²) in [5.74, 6) is 0.0880. The number of nitrogens with zero attached hydrogens (tertiary/aromatic N) is 3. The Morgan fingerprint density at radius 3 is 3.09 bits per heavy atom. The molecule has 0 fully saturated rings. The lowest BCUT2D eigenvalue weighted by atomic mass is 10.3. The third-order valence-corrected chi connectivity index (χ3v) is 4.89. The van der Waals surface area contributed by atoms with Crippen LogP contribution < -0.4 is 10.6 Å². The van der Waals surface area contributed by atoms with Gasteiger partial charge in [-0.2, -0.15) is 0 Å². The molecule has 0 aliphatic carbocycles. The number of unbranched alkanes of at least 4 members (excludes halogenated alkanes) is 1. The third kappa shape index (κ3) is 5.43. The molecule has 2 N–H and O–H groups in total. The highest BCUT2D eigenvalue weighted by atomic mass is 35.5. The molecule has 0 aromatic carbocycles. The molecular formula is C13H16ClN5OS2. The fourth-order valence-electron chi connectivity index (χ4n) is 1.50. The zero-order valence-corrected chi connectivity index (χ0v) is 14.4. The van der Waals surface area contributed by atoms with E-state index in [1.165, 1.54) is 23.1 Å². The standard InChI is InChI=1S/C13H16ClN5OS2/c1-2-3-6-16-12-18-19-13(22-12)21-8-10(20)17-9-5-4-7-15-11(9)14/h4-5,7H,2-3,6,8H2,1H3,(H,16,18)(H,17,20). The van der Waals surface area contributed by atoms with Crippen molar-refractivity contribution in [3.8, 4) is 0 Å². The van der Waals surface area contributed by atoms with E-state index >= 15 is 0 Å². The summed E-state index contributed by atoms with van der Waals surface area (Å²) in [6.45, 7) is 3.02. The van der Waals surface area contributed by atoms with Crippen LogP contribution in [0.4, 0.5) is 10.8 Å². The van der Waals surface area contributed by atoms with Gasteiger partial charge >= 0.3 is 0 Å². The summed E-state index contributed by atoms with van der Waals surface area (Å²) >= 11 is 8.68. The topological polar surface area (TPSA) is 79.8 Å². The van der Waals surface area contributed by atoms with Crippen molar-refractivity contribution in [2.45, 2.75) is 24.1 Å². The number of hydrogen-bond donors (Lipinski definition) is 2. The number of aromatic nitrogens is 3. The molecule has 0 saturated carbocycles. The van der Waals surface area contributed by atoms with Crippen LogP contribution >= 0.6 is 34.7 Å². The molecule has 2 rings (SSSR count). The lowest BCUT2D eigenvalue weighted by Crippen LogP contribution is -2.14. The van der Waals surface area contributed by atoms with Crippen molar-refractivity contribution in [2.24, 2.45) is 0 Å². The minimum Gasteiger partial charge on any atom is -0.360 e. The summed E-state index contributed by atoms with van der Waals surface area (Å²) in [7, 11) is 0. The molecule has 0 unspecified atom stereocenters. The smallest absolute Gasteiger partial charge is 0.234 e. The zero-order valence-electron chi connectivity index (χ0n) is 12.0. The van der Waals surface area contributed by atoms with Gasteiger partial charge in [0.05, 0.1) is 11.4 Å². The highest BCUT2D eigenvalue weighted by molar-refractivity contribution is 8.01. The van der Waals surface area contributed by atoms with E-state index in [1.54, 1.807) is 18.3 Å². The van der Waals surface area contributed by atoms with Gasteiger partial charge in [0, 0.05) is 12.7 Å². The molecule has 0 saturated heterocycles. The Labute approximate surface area is 142 Å². The second-order valence-electron chi connectivity index (χ2n) is 4.33. The SMILES string of the molecule is CCCCNc1nnc(SCC(=O)Nc2cccnc2Cl)s1. The number of halogens is 1. The van der Waals surface area contributed by atoms with Gasteiger partial charge in [0.1, 0.15) is 0 Å². The number of hydrogen-bond acceptors (Lipinski definition) is 7. The predicted octanol–water partition coefficient (Wildman–Crippen LogP) is 3.53. The quantitative estimate of drug-likeness (QED) is 0.427. The summed E-state index contributed by atoms with van der Waals surface area (Å²) in [6, 6.07) is 3.42. The summed E-state index contributed by atoms with van der Waals surface area (Å²) in [5, 5.41) is 15.1. The minimum atomic E-state index is -0.157. The first-order valence-corrected chi connectivity index (χ1v) is 8.97. The van der Waals surface area contributed by atoms with E-state index in [9.17, 15) is 4.79 Å². The maximum Gasteiger partial charge on any atom is 0.234 e. The fourth-order valence-corrected chi connectivity index (χ4v) is 3.25. The molecule has 9 heteroatoms. The zero-order chi connectivity index (χ0) is 15.8. The van der Waals surface area contributed by atoms with Gasteiger partial charge in [0.25, 0.3) is 0 Å². The van der Waals surface area contributed by atoms with Crippen LogP contribution in [-0.4, -0.2) is 33.4 Å². The van der Waals surface area contributed by atoms with E-state index in [1.807, 2.05) is 0 Å². The molecule has 118 valence electrons. The van der Waals surface area contributed by atoms with Gasteiger partial charge in [-0.05, 0) is 18.6 Å². The van der Waals surface area contributed by atoms with Crippen molar-refractivity contribution in [1.29, 1.82) is 0 Å². The van der Waals surface area contributed by atoms with Gasteiger partial charge in [-0.25, -0.2) is 4.98 Å². The highest BCUT2D eigenvalue weighted by Gasteiger charge is 2.09. The van der Waals surface area contributed by atoms with Gasteiger partial charge in [-0.3, -0.25) is 4.79 Å².